The second kappa shape index (κ2) is 34.0. The fourth-order valence-corrected chi connectivity index (χ4v) is 7.79. The summed E-state index contributed by atoms with van der Waals surface area (Å²) in [5.41, 5.74) is 0. The molecule has 1 saturated carbocycles. The van der Waals surface area contributed by atoms with Crippen LogP contribution in [0.25, 0.3) is 0 Å². The molecule has 1 aliphatic rings. The summed E-state index contributed by atoms with van der Waals surface area (Å²) in [5.74, 6) is -0.477. The molecule has 0 saturated heterocycles. The average Bonchev–Trinajstić information content (AvgIpc) is 3.17. The Kier molecular flexibility index (Phi) is 32.2. The highest BCUT2D eigenvalue weighted by Gasteiger charge is 2.51. The molecule has 0 aromatic carbocycles. The molecule has 0 spiro atoms. The number of aliphatic hydroxyl groups excluding tert-OH is 5. The van der Waals surface area contributed by atoms with Gasteiger partial charge in [0.1, 0.15) is 42.7 Å². The van der Waals surface area contributed by atoms with Crippen molar-refractivity contribution in [1.29, 1.82) is 0 Å². The van der Waals surface area contributed by atoms with E-state index in [4.69, 9.17) is 18.5 Å². The summed E-state index contributed by atoms with van der Waals surface area (Å²) >= 11 is 0. The first-order chi connectivity index (χ1) is 26.5. The zero-order chi connectivity index (χ0) is 40.6. The second-order valence-corrected chi connectivity index (χ2v) is 17.0. The molecule has 55 heavy (non-hydrogen) atoms. The number of esters is 1. The summed E-state index contributed by atoms with van der Waals surface area (Å²) < 4.78 is 34.1. The molecule has 1 rings (SSSR count). The van der Waals surface area contributed by atoms with E-state index in [2.05, 4.69) is 26.0 Å². The number of allylic oxidation sites excluding steroid dienone is 2. The number of phosphoric ester groups is 1. The molecule has 12 nitrogen and oxygen atoms in total. The minimum absolute atomic E-state index is 0.0759. The van der Waals surface area contributed by atoms with E-state index in [0.29, 0.717) is 13.0 Å². The van der Waals surface area contributed by atoms with Gasteiger partial charge < -0.3 is 39.9 Å². The van der Waals surface area contributed by atoms with Gasteiger partial charge in [-0.15, -0.1) is 0 Å². The van der Waals surface area contributed by atoms with E-state index in [1.54, 1.807) is 0 Å². The summed E-state index contributed by atoms with van der Waals surface area (Å²) in [4.78, 5) is 23.1. The van der Waals surface area contributed by atoms with Crippen LogP contribution in [0.3, 0.4) is 0 Å². The molecule has 0 amide bonds. The van der Waals surface area contributed by atoms with Crippen molar-refractivity contribution in [2.24, 2.45) is 0 Å². The number of phosphoric acid groups is 1. The number of aliphatic hydroxyl groups is 5. The van der Waals surface area contributed by atoms with Gasteiger partial charge in [0.25, 0.3) is 0 Å². The average molecular weight is 809 g/mol. The lowest BCUT2D eigenvalue weighted by Crippen LogP contribution is -2.64. The summed E-state index contributed by atoms with van der Waals surface area (Å²) in [5, 5.41) is 50.1. The van der Waals surface area contributed by atoms with E-state index < -0.39 is 63.1 Å². The first-order valence-electron chi connectivity index (χ1n) is 22.0. The molecule has 0 radical (unpaired) electrons. The first-order valence-corrected chi connectivity index (χ1v) is 23.5. The minimum Gasteiger partial charge on any atom is -0.457 e. The molecule has 0 aliphatic heterocycles. The van der Waals surface area contributed by atoms with E-state index in [0.717, 1.165) is 51.4 Å². The number of hydrogen-bond acceptors (Lipinski definition) is 11. The lowest BCUT2D eigenvalue weighted by atomic mass is 9.85. The van der Waals surface area contributed by atoms with E-state index in [9.17, 15) is 39.8 Å². The van der Waals surface area contributed by atoms with Crippen LogP contribution in [0.4, 0.5) is 0 Å². The highest BCUT2D eigenvalue weighted by atomic mass is 31.2. The van der Waals surface area contributed by atoms with Gasteiger partial charge in [-0.2, -0.15) is 0 Å². The van der Waals surface area contributed by atoms with Crippen LogP contribution in [-0.2, 0) is 27.9 Å². The van der Waals surface area contributed by atoms with Gasteiger partial charge in [-0.05, 0) is 38.5 Å². The van der Waals surface area contributed by atoms with Crippen molar-refractivity contribution < 1.29 is 58.3 Å². The number of rotatable bonds is 37. The largest absolute Gasteiger partial charge is 0.472 e. The Morgan fingerprint density at radius 3 is 1.47 bits per heavy atom. The Hall–Kier alpha value is -0.920. The number of carbonyl (C=O) groups excluding carboxylic acids is 1. The predicted molar refractivity (Wildman–Crippen MR) is 217 cm³/mol. The van der Waals surface area contributed by atoms with Crippen LogP contribution < -0.4 is 0 Å². The molecule has 0 bridgehead atoms. The monoisotopic (exact) mass is 809 g/mol. The Bertz CT molecular complexity index is 968. The lowest BCUT2D eigenvalue weighted by molar-refractivity contribution is -0.220. The molecule has 1 aliphatic carbocycles. The third-order valence-corrected chi connectivity index (χ3v) is 11.4. The molecule has 6 unspecified atom stereocenters. The SMILES string of the molecule is CCCCC/C=C\CCCCCCCCOCC(COP(=O)(O)OC1C(O)C(O)C(O)C(O)C1O)OC(=O)CCCCCCCCCCCCCCCCC. The van der Waals surface area contributed by atoms with E-state index in [-0.39, 0.29) is 13.0 Å². The second-order valence-electron chi connectivity index (χ2n) is 15.6. The molecule has 1 fully saturated rings. The van der Waals surface area contributed by atoms with Crippen molar-refractivity contribution >= 4 is 13.8 Å². The van der Waals surface area contributed by atoms with Crippen LogP contribution in [0.15, 0.2) is 12.2 Å². The number of carbonyl (C=O) groups is 1. The van der Waals surface area contributed by atoms with E-state index in [1.165, 1.54) is 109 Å². The van der Waals surface area contributed by atoms with Crippen LogP contribution in [0.5, 0.6) is 0 Å². The van der Waals surface area contributed by atoms with Crippen molar-refractivity contribution in [1.82, 2.24) is 0 Å². The van der Waals surface area contributed by atoms with Crippen LogP contribution >= 0.6 is 7.82 Å². The Labute approximate surface area is 333 Å². The quantitative estimate of drug-likeness (QED) is 0.0152. The standard InChI is InChI=1S/C42H81O12P/c1-3-5-7-9-11-13-15-17-18-19-21-23-25-27-29-31-36(43)53-35(33-51-32-30-28-26-24-22-20-16-14-12-10-8-6-4-2)34-52-55(49,50)54-42-40(47)38(45)37(44)39(46)41(42)48/h12,14,35,37-42,44-48H,3-11,13,15-34H2,1-2H3,(H,49,50)/b14-12-. The lowest BCUT2D eigenvalue weighted by Gasteiger charge is -2.41. The van der Waals surface area contributed by atoms with Crippen LogP contribution in [-0.4, -0.2) is 98.9 Å². The molecule has 0 heterocycles. The normalized spacial score (nSPS) is 23.3. The third-order valence-electron chi connectivity index (χ3n) is 10.4. The van der Waals surface area contributed by atoms with Gasteiger partial charge in [-0.25, -0.2) is 4.57 Å². The maximum atomic E-state index is 12.8. The molecule has 6 N–H and O–H groups in total. The summed E-state index contributed by atoms with van der Waals surface area (Å²) in [6, 6.07) is 0. The van der Waals surface area contributed by atoms with Gasteiger partial charge in [0.05, 0.1) is 13.2 Å². The van der Waals surface area contributed by atoms with Crippen molar-refractivity contribution in [3.63, 3.8) is 0 Å². The van der Waals surface area contributed by atoms with Gasteiger partial charge >= 0.3 is 13.8 Å². The van der Waals surface area contributed by atoms with Crippen molar-refractivity contribution in [3.8, 4) is 0 Å². The molecule has 326 valence electrons. The zero-order valence-electron chi connectivity index (χ0n) is 34.5. The minimum atomic E-state index is -5.01. The Balaban J connectivity index is 2.41. The van der Waals surface area contributed by atoms with Gasteiger partial charge in [0.2, 0.25) is 0 Å². The van der Waals surface area contributed by atoms with Crippen LogP contribution in [0.2, 0.25) is 0 Å². The summed E-state index contributed by atoms with van der Waals surface area (Å²) in [6.07, 6.45) is 22.8. The van der Waals surface area contributed by atoms with Crippen molar-refractivity contribution in [3.05, 3.63) is 12.2 Å². The fraction of sp³-hybridized carbons (Fsp3) is 0.929. The topological polar surface area (TPSA) is 192 Å². The van der Waals surface area contributed by atoms with Gasteiger partial charge in [-0.3, -0.25) is 13.8 Å². The number of hydrogen-bond donors (Lipinski definition) is 6. The molecule has 13 heteroatoms. The van der Waals surface area contributed by atoms with Gasteiger partial charge in [-0.1, -0.05) is 154 Å². The fourth-order valence-electron chi connectivity index (χ4n) is 6.82. The molecule has 0 aromatic heterocycles. The first kappa shape index (κ1) is 52.1. The van der Waals surface area contributed by atoms with E-state index in [1.807, 2.05) is 0 Å². The van der Waals surface area contributed by atoms with Crippen molar-refractivity contribution in [2.75, 3.05) is 19.8 Å². The highest BCUT2D eigenvalue weighted by Crippen LogP contribution is 2.47. The smallest absolute Gasteiger partial charge is 0.457 e. The molecular formula is C42H81O12P. The third kappa shape index (κ3) is 26.7. The predicted octanol–water partition coefficient (Wildman–Crippen LogP) is 8.36. The summed E-state index contributed by atoms with van der Waals surface area (Å²) in [7, 11) is -5.01. The van der Waals surface area contributed by atoms with Crippen LogP contribution in [0, 0.1) is 0 Å². The zero-order valence-corrected chi connectivity index (χ0v) is 35.4. The van der Waals surface area contributed by atoms with E-state index >= 15 is 0 Å². The van der Waals surface area contributed by atoms with Gasteiger partial charge in [0.15, 0.2) is 0 Å². The number of unbranched alkanes of at least 4 members (excludes halogenated alkanes) is 23. The van der Waals surface area contributed by atoms with Crippen LogP contribution in [0.1, 0.15) is 187 Å². The number of ether oxygens (including phenoxy) is 2. The molecule has 6 atom stereocenters. The molecular weight excluding hydrogens is 727 g/mol. The van der Waals surface area contributed by atoms with Crippen molar-refractivity contribution in [2.45, 2.75) is 230 Å². The highest BCUT2D eigenvalue weighted by molar-refractivity contribution is 7.47. The van der Waals surface area contributed by atoms with Gasteiger partial charge in [0, 0.05) is 13.0 Å². The Morgan fingerprint density at radius 1 is 0.564 bits per heavy atom. The summed E-state index contributed by atoms with van der Waals surface area (Å²) in [6.45, 7) is 4.23. The maximum Gasteiger partial charge on any atom is 0.472 e. The Morgan fingerprint density at radius 2 is 0.964 bits per heavy atom. The maximum absolute atomic E-state index is 12.8. The molecule has 0 aromatic rings.